The molecule has 0 aliphatic rings. The molecular formula is C13H21N3O4S. The lowest BCUT2D eigenvalue weighted by molar-refractivity contribution is -0.137. The van der Waals surface area contributed by atoms with Crippen molar-refractivity contribution in [3.05, 3.63) is 29.6 Å². The number of carbonyl (C=O) groups is 1. The first-order valence-corrected chi connectivity index (χ1v) is 8.02. The molecule has 0 saturated heterocycles. The van der Waals surface area contributed by atoms with Crippen LogP contribution in [0.15, 0.2) is 18.2 Å². The van der Waals surface area contributed by atoms with Gasteiger partial charge in [0.05, 0.1) is 18.7 Å². The van der Waals surface area contributed by atoms with Gasteiger partial charge in [-0.15, -0.1) is 0 Å². The van der Waals surface area contributed by atoms with Gasteiger partial charge in [-0.1, -0.05) is 13.0 Å². The van der Waals surface area contributed by atoms with Gasteiger partial charge in [0.1, 0.15) is 0 Å². The molecule has 0 fully saturated rings. The van der Waals surface area contributed by atoms with Gasteiger partial charge in [0.15, 0.2) is 0 Å². The van der Waals surface area contributed by atoms with Crippen LogP contribution < -0.4 is 0 Å². The average Bonchev–Trinajstić information content (AvgIpc) is 2.41. The molecule has 0 aliphatic heterocycles. The Labute approximate surface area is 125 Å². The quantitative estimate of drug-likeness (QED) is 0.768. The normalized spacial score (nSPS) is 12.0. The molecule has 1 N–H and O–H groups in total. The molecule has 1 aromatic heterocycles. The van der Waals surface area contributed by atoms with E-state index in [9.17, 15) is 13.2 Å². The molecule has 0 radical (unpaired) electrons. The Balaban J connectivity index is 2.84. The lowest BCUT2D eigenvalue weighted by Crippen LogP contribution is -2.42. The number of carboxylic acids is 1. The van der Waals surface area contributed by atoms with Crippen molar-refractivity contribution in [2.75, 3.05) is 20.1 Å². The van der Waals surface area contributed by atoms with Crippen LogP contribution in [0.2, 0.25) is 0 Å². The molecule has 0 aromatic carbocycles. The second kappa shape index (κ2) is 7.48. The summed E-state index contributed by atoms with van der Waals surface area (Å²) in [6.45, 7) is 3.97. The second-order valence-electron chi connectivity index (χ2n) is 4.67. The van der Waals surface area contributed by atoms with Crippen molar-refractivity contribution in [3.8, 4) is 0 Å². The van der Waals surface area contributed by atoms with Crippen LogP contribution in [0.5, 0.6) is 0 Å². The highest BCUT2D eigenvalue weighted by molar-refractivity contribution is 7.86. The average molecular weight is 315 g/mol. The molecule has 0 amide bonds. The van der Waals surface area contributed by atoms with Crippen molar-refractivity contribution >= 4 is 16.2 Å². The first kappa shape index (κ1) is 17.5. The fourth-order valence-corrected chi connectivity index (χ4v) is 3.13. The summed E-state index contributed by atoms with van der Waals surface area (Å²) >= 11 is 0. The minimum Gasteiger partial charge on any atom is -0.481 e. The summed E-state index contributed by atoms with van der Waals surface area (Å²) < 4.78 is 27.1. The first-order chi connectivity index (χ1) is 9.77. The van der Waals surface area contributed by atoms with E-state index in [1.807, 2.05) is 19.1 Å². The lowest BCUT2D eigenvalue weighted by atomic mass is 10.3. The van der Waals surface area contributed by atoms with Gasteiger partial charge in [-0.25, -0.2) is 0 Å². The highest BCUT2D eigenvalue weighted by Gasteiger charge is 2.26. The van der Waals surface area contributed by atoms with Crippen LogP contribution in [0, 0.1) is 6.92 Å². The molecule has 1 heterocycles. The van der Waals surface area contributed by atoms with Crippen molar-refractivity contribution in [1.29, 1.82) is 0 Å². The molecule has 0 aliphatic carbocycles. The zero-order chi connectivity index (χ0) is 16.0. The van der Waals surface area contributed by atoms with Gasteiger partial charge in [0.25, 0.3) is 10.2 Å². The summed E-state index contributed by atoms with van der Waals surface area (Å²) in [6, 6.07) is 5.43. The predicted molar refractivity (Wildman–Crippen MR) is 78.9 cm³/mol. The summed E-state index contributed by atoms with van der Waals surface area (Å²) in [6.07, 6.45) is -0.226. The maximum atomic E-state index is 12.4. The maximum Gasteiger partial charge on any atom is 0.304 e. The summed E-state index contributed by atoms with van der Waals surface area (Å²) in [7, 11) is -2.31. The number of rotatable bonds is 8. The molecule has 0 saturated carbocycles. The Morgan fingerprint density at radius 2 is 2.05 bits per heavy atom. The van der Waals surface area contributed by atoms with E-state index >= 15 is 0 Å². The number of hydrogen-bond donors (Lipinski definition) is 1. The first-order valence-electron chi connectivity index (χ1n) is 6.63. The van der Waals surface area contributed by atoms with Crippen LogP contribution in [-0.2, 0) is 21.5 Å². The highest BCUT2D eigenvalue weighted by atomic mass is 32.2. The number of carboxylic acid groups (broad SMARTS) is 1. The second-order valence-corrected chi connectivity index (χ2v) is 6.70. The van der Waals surface area contributed by atoms with Gasteiger partial charge in [0, 0.05) is 25.8 Å². The third-order valence-corrected chi connectivity index (χ3v) is 5.01. The standard InChI is InChI=1S/C13H21N3O4S/c1-4-16(10-12-7-5-6-11(2)14-12)21(19,20)15(3)9-8-13(17)18/h5-7H,4,8-10H2,1-3H3,(H,17,18). The van der Waals surface area contributed by atoms with E-state index in [0.717, 1.165) is 10.00 Å². The van der Waals surface area contributed by atoms with E-state index in [-0.39, 0.29) is 26.1 Å². The highest BCUT2D eigenvalue weighted by Crippen LogP contribution is 2.11. The summed E-state index contributed by atoms with van der Waals surface area (Å²) in [5.41, 5.74) is 1.48. The Morgan fingerprint density at radius 3 is 2.57 bits per heavy atom. The van der Waals surface area contributed by atoms with E-state index in [1.54, 1.807) is 13.0 Å². The van der Waals surface area contributed by atoms with Crippen LogP contribution in [0.25, 0.3) is 0 Å². The minimum absolute atomic E-state index is 0.0601. The van der Waals surface area contributed by atoms with Crippen LogP contribution in [0.4, 0.5) is 0 Å². The fraction of sp³-hybridized carbons (Fsp3) is 0.538. The molecule has 1 aromatic rings. The molecule has 1 rings (SSSR count). The van der Waals surface area contributed by atoms with Gasteiger partial charge >= 0.3 is 5.97 Å². The number of aliphatic carboxylic acids is 1. The van der Waals surface area contributed by atoms with Crippen molar-refractivity contribution in [2.45, 2.75) is 26.8 Å². The van der Waals surface area contributed by atoms with Crippen LogP contribution in [0.1, 0.15) is 24.7 Å². The van der Waals surface area contributed by atoms with E-state index in [2.05, 4.69) is 4.98 Å². The molecule has 0 unspecified atom stereocenters. The van der Waals surface area contributed by atoms with Gasteiger partial charge in [-0.2, -0.15) is 17.0 Å². The molecule has 0 atom stereocenters. The zero-order valence-corrected chi connectivity index (χ0v) is 13.3. The largest absolute Gasteiger partial charge is 0.481 e. The Morgan fingerprint density at radius 1 is 1.38 bits per heavy atom. The van der Waals surface area contributed by atoms with Gasteiger partial charge in [0.2, 0.25) is 0 Å². The van der Waals surface area contributed by atoms with Gasteiger partial charge in [-0.3, -0.25) is 9.78 Å². The summed E-state index contributed by atoms with van der Waals surface area (Å²) in [4.78, 5) is 14.8. The Hall–Kier alpha value is -1.51. The number of aryl methyl sites for hydroxylation is 1. The SMILES string of the molecule is CCN(Cc1cccc(C)n1)S(=O)(=O)N(C)CCC(=O)O. The monoisotopic (exact) mass is 315 g/mol. The van der Waals surface area contributed by atoms with Crippen LogP contribution in [-0.4, -0.2) is 53.2 Å². The van der Waals surface area contributed by atoms with E-state index in [1.165, 1.54) is 11.4 Å². The van der Waals surface area contributed by atoms with Crippen LogP contribution in [0.3, 0.4) is 0 Å². The van der Waals surface area contributed by atoms with E-state index in [0.29, 0.717) is 5.69 Å². The summed E-state index contributed by atoms with van der Waals surface area (Å²) in [5.74, 6) is -1.03. The topological polar surface area (TPSA) is 90.8 Å². The third-order valence-electron chi connectivity index (χ3n) is 3.00. The van der Waals surface area contributed by atoms with Crippen molar-refractivity contribution < 1.29 is 18.3 Å². The number of nitrogens with zero attached hydrogens (tertiary/aromatic N) is 3. The summed E-state index contributed by atoms with van der Waals surface area (Å²) in [5, 5.41) is 8.64. The maximum absolute atomic E-state index is 12.4. The molecule has 0 spiro atoms. The number of aromatic nitrogens is 1. The zero-order valence-electron chi connectivity index (χ0n) is 12.5. The molecular weight excluding hydrogens is 294 g/mol. The molecule has 21 heavy (non-hydrogen) atoms. The molecule has 0 bridgehead atoms. The molecule has 118 valence electrons. The van der Waals surface area contributed by atoms with E-state index in [4.69, 9.17) is 5.11 Å². The van der Waals surface area contributed by atoms with Crippen molar-refractivity contribution in [1.82, 2.24) is 13.6 Å². The van der Waals surface area contributed by atoms with Gasteiger partial charge in [-0.05, 0) is 19.1 Å². The van der Waals surface area contributed by atoms with Crippen molar-refractivity contribution in [2.24, 2.45) is 0 Å². The Bertz CT molecular complexity index is 589. The van der Waals surface area contributed by atoms with Crippen LogP contribution >= 0.6 is 0 Å². The molecule has 7 nitrogen and oxygen atoms in total. The Kier molecular flexibility index (Phi) is 6.25. The smallest absolute Gasteiger partial charge is 0.304 e. The molecule has 8 heteroatoms. The van der Waals surface area contributed by atoms with E-state index < -0.39 is 16.2 Å². The minimum atomic E-state index is -3.69. The third kappa shape index (κ3) is 5.07. The fourth-order valence-electron chi connectivity index (χ4n) is 1.79. The van der Waals surface area contributed by atoms with Gasteiger partial charge < -0.3 is 5.11 Å². The number of pyridine rings is 1. The number of hydrogen-bond acceptors (Lipinski definition) is 4. The lowest BCUT2D eigenvalue weighted by Gasteiger charge is -2.26. The van der Waals surface area contributed by atoms with Crippen molar-refractivity contribution in [3.63, 3.8) is 0 Å². The predicted octanol–water partition coefficient (Wildman–Crippen LogP) is 0.863.